The van der Waals surface area contributed by atoms with Gasteiger partial charge in [-0.2, -0.15) is 0 Å². The van der Waals surface area contributed by atoms with E-state index in [2.05, 4.69) is 29.4 Å². The Morgan fingerprint density at radius 3 is 2.67 bits per heavy atom. The van der Waals surface area contributed by atoms with Crippen LogP contribution in [-0.4, -0.2) is 31.9 Å². The van der Waals surface area contributed by atoms with Crippen LogP contribution in [0.5, 0.6) is 0 Å². The fraction of sp³-hybridized carbons (Fsp3) is 0.500. The molecule has 0 aromatic heterocycles. The molecule has 1 unspecified atom stereocenters. The van der Waals surface area contributed by atoms with E-state index in [1.165, 1.54) is 5.69 Å². The van der Waals surface area contributed by atoms with Crippen molar-refractivity contribution in [3.63, 3.8) is 0 Å². The molecule has 0 saturated carbocycles. The summed E-state index contributed by atoms with van der Waals surface area (Å²) in [5.74, 6) is 0.293. The average molecular weight is 269 g/mol. The summed E-state index contributed by atoms with van der Waals surface area (Å²) in [5, 5.41) is 2.89. The largest absolute Gasteiger partial charge is 0.375 e. The van der Waals surface area contributed by atoms with E-state index >= 15 is 0 Å². The van der Waals surface area contributed by atoms with E-state index in [0.29, 0.717) is 12.4 Å². The highest BCUT2D eigenvalue weighted by molar-refractivity contribution is 6.19. The average Bonchev–Trinajstić information content (AvgIpc) is 2.43. The Kier molecular flexibility index (Phi) is 6.58. The van der Waals surface area contributed by atoms with E-state index in [0.717, 1.165) is 13.0 Å². The van der Waals surface area contributed by atoms with Crippen LogP contribution in [-0.2, 0) is 4.79 Å². The van der Waals surface area contributed by atoms with Crippen molar-refractivity contribution in [1.82, 2.24) is 5.32 Å². The summed E-state index contributed by atoms with van der Waals surface area (Å²) in [4.78, 5) is 13.7. The van der Waals surface area contributed by atoms with Crippen LogP contribution in [0.4, 0.5) is 5.69 Å². The van der Waals surface area contributed by atoms with Gasteiger partial charge >= 0.3 is 0 Å². The molecule has 0 aliphatic heterocycles. The molecule has 1 aromatic rings. The van der Waals surface area contributed by atoms with E-state index < -0.39 is 0 Å². The summed E-state index contributed by atoms with van der Waals surface area (Å²) in [7, 11) is 2.05. The summed E-state index contributed by atoms with van der Waals surface area (Å²) in [6.45, 7) is 3.44. The highest BCUT2D eigenvalue weighted by Crippen LogP contribution is 2.10. The third kappa shape index (κ3) is 4.96. The van der Waals surface area contributed by atoms with Crippen LogP contribution in [0.1, 0.15) is 13.3 Å². The standard InChI is InChI=1S/C14H21ClN2O/c1-12(11-15)14(18)16-9-6-10-17(2)13-7-4-3-5-8-13/h3-5,7-8,12H,6,9-11H2,1-2H3,(H,16,18). The number of hydrogen-bond acceptors (Lipinski definition) is 2. The second-order valence-electron chi connectivity index (χ2n) is 4.46. The molecular formula is C14H21ClN2O. The second-order valence-corrected chi connectivity index (χ2v) is 4.77. The summed E-state index contributed by atoms with van der Waals surface area (Å²) in [6.07, 6.45) is 0.923. The Hall–Kier alpha value is -1.22. The lowest BCUT2D eigenvalue weighted by Gasteiger charge is -2.19. The number of halogens is 1. The van der Waals surface area contributed by atoms with Crippen molar-refractivity contribution in [1.29, 1.82) is 0 Å². The molecule has 18 heavy (non-hydrogen) atoms. The first-order valence-electron chi connectivity index (χ1n) is 6.25. The zero-order chi connectivity index (χ0) is 13.4. The van der Waals surface area contributed by atoms with Gasteiger partial charge in [-0.15, -0.1) is 11.6 Å². The SMILES string of the molecule is CC(CCl)C(=O)NCCCN(C)c1ccccc1. The van der Waals surface area contributed by atoms with E-state index in [9.17, 15) is 4.79 Å². The molecule has 1 aromatic carbocycles. The van der Waals surface area contributed by atoms with Gasteiger partial charge in [-0.05, 0) is 18.6 Å². The molecule has 0 radical (unpaired) electrons. The van der Waals surface area contributed by atoms with Gasteiger partial charge in [-0.25, -0.2) is 0 Å². The molecule has 0 aliphatic rings. The number of carbonyl (C=O) groups excluding carboxylic acids is 1. The van der Waals surface area contributed by atoms with Gasteiger partial charge in [0.1, 0.15) is 0 Å². The molecule has 0 saturated heterocycles. The monoisotopic (exact) mass is 268 g/mol. The van der Waals surface area contributed by atoms with Crippen LogP contribution in [0.15, 0.2) is 30.3 Å². The number of nitrogens with zero attached hydrogens (tertiary/aromatic N) is 1. The van der Waals surface area contributed by atoms with Crippen LogP contribution in [0.25, 0.3) is 0 Å². The van der Waals surface area contributed by atoms with Gasteiger partial charge in [0.15, 0.2) is 0 Å². The lowest BCUT2D eigenvalue weighted by Crippen LogP contribution is -2.32. The fourth-order valence-electron chi connectivity index (χ4n) is 1.58. The smallest absolute Gasteiger partial charge is 0.224 e. The number of rotatable bonds is 7. The second kappa shape index (κ2) is 7.98. The van der Waals surface area contributed by atoms with Crippen molar-refractivity contribution in [2.75, 3.05) is 30.9 Å². The molecule has 0 aliphatic carbocycles. The summed E-state index contributed by atoms with van der Waals surface area (Å²) in [6, 6.07) is 10.2. The third-order valence-corrected chi connectivity index (χ3v) is 3.31. The number of para-hydroxylation sites is 1. The van der Waals surface area contributed by atoms with Crippen molar-refractivity contribution < 1.29 is 4.79 Å². The molecular weight excluding hydrogens is 248 g/mol. The van der Waals surface area contributed by atoms with Crippen LogP contribution in [0.2, 0.25) is 0 Å². The fourth-order valence-corrected chi connectivity index (χ4v) is 1.72. The maximum absolute atomic E-state index is 11.5. The Morgan fingerprint density at radius 1 is 1.39 bits per heavy atom. The van der Waals surface area contributed by atoms with Gasteiger partial charge in [0.25, 0.3) is 0 Å². The number of benzene rings is 1. The van der Waals surface area contributed by atoms with Gasteiger partial charge < -0.3 is 10.2 Å². The normalized spacial score (nSPS) is 11.9. The molecule has 0 fully saturated rings. The lowest BCUT2D eigenvalue weighted by atomic mass is 10.2. The number of alkyl halides is 1. The minimum Gasteiger partial charge on any atom is -0.375 e. The molecule has 1 atom stereocenters. The van der Waals surface area contributed by atoms with Crippen molar-refractivity contribution in [3.8, 4) is 0 Å². The maximum atomic E-state index is 11.5. The number of amides is 1. The van der Waals surface area contributed by atoms with E-state index in [1.807, 2.05) is 25.1 Å². The molecule has 3 nitrogen and oxygen atoms in total. The highest BCUT2D eigenvalue weighted by Gasteiger charge is 2.10. The van der Waals surface area contributed by atoms with E-state index in [-0.39, 0.29) is 11.8 Å². The summed E-state index contributed by atoms with van der Waals surface area (Å²) in [5.41, 5.74) is 1.19. The molecule has 0 spiro atoms. The van der Waals surface area contributed by atoms with Crippen LogP contribution >= 0.6 is 11.6 Å². The first-order chi connectivity index (χ1) is 8.65. The molecule has 1 rings (SSSR count). The van der Waals surface area contributed by atoms with Crippen molar-refractivity contribution >= 4 is 23.2 Å². The summed E-state index contributed by atoms with van der Waals surface area (Å²) >= 11 is 5.62. The molecule has 1 amide bonds. The first-order valence-corrected chi connectivity index (χ1v) is 6.78. The zero-order valence-corrected chi connectivity index (χ0v) is 11.8. The van der Waals surface area contributed by atoms with Crippen molar-refractivity contribution in [2.24, 2.45) is 5.92 Å². The zero-order valence-electron chi connectivity index (χ0n) is 11.0. The van der Waals surface area contributed by atoms with Crippen molar-refractivity contribution in [3.05, 3.63) is 30.3 Å². The van der Waals surface area contributed by atoms with Gasteiger partial charge in [-0.1, -0.05) is 25.1 Å². The maximum Gasteiger partial charge on any atom is 0.224 e. The lowest BCUT2D eigenvalue weighted by molar-refractivity contribution is -0.123. The van der Waals surface area contributed by atoms with Crippen molar-refractivity contribution in [2.45, 2.75) is 13.3 Å². The van der Waals surface area contributed by atoms with Crippen LogP contribution < -0.4 is 10.2 Å². The molecule has 4 heteroatoms. The first kappa shape index (κ1) is 14.8. The molecule has 0 heterocycles. The topological polar surface area (TPSA) is 32.3 Å². The van der Waals surface area contributed by atoms with E-state index in [4.69, 9.17) is 11.6 Å². The van der Waals surface area contributed by atoms with Gasteiger partial charge in [-0.3, -0.25) is 4.79 Å². The number of anilines is 1. The minimum atomic E-state index is -0.112. The van der Waals surface area contributed by atoms with Crippen LogP contribution in [0, 0.1) is 5.92 Å². The van der Waals surface area contributed by atoms with Gasteiger partial charge in [0, 0.05) is 37.6 Å². The molecule has 100 valence electrons. The quantitative estimate of drug-likeness (QED) is 0.609. The highest BCUT2D eigenvalue weighted by atomic mass is 35.5. The third-order valence-electron chi connectivity index (χ3n) is 2.85. The van der Waals surface area contributed by atoms with E-state index in [1.54, 1.807) is 0 Å². The van der Waals surface area contributed by atoms with Gasteiger partial charge in [0.2, 0.25) is 5.91 Å². The Balaban J connectivity index is 2.20. The number of nitrogens with one attached hydrogen (secondary N) is 1. The summed E-state index contributed by atoms with van der Waals surface area (Å²) < 4.78 is 0. The predicted octanol–water partition coefficient (Wildman–Crippen LogP) is 2.50. The Bertz CT molecular complexity index is 356. The predicted molar refractivity (Wildman–Crippen MR) is 77.2 cm³/mol. The Labute approximate surface area is 114 Å². The van der Waals surface area contributed by atoms with Crippen LogP contribution in [0.3, 0.4) is 0 Å². The van der Waals surface area contributed by atoms with Gasteiger partial charge in [0.05, 0.1) is 0 Å². The number of hydrogen-bond donors (Lipinski definition) is 1. The molecule has 1 N–H and O–H groups in total. The number of carbonyl (C=O) groups is 1. The Morgan fingerprint density at radius 2 is 2.06 bits per heavy atom. The minimum absolute atomic E-state index is 0.0346. The molecule has 0 bridgehead atoms.